The molecule has 1 unspecified atom stereocenters. The van der Waals surface area contributed by atoms with E-state index in [4.69, 9.17) is 16.0 Å². The number of fused-ring (bicyclic) bond motifs is 1. The molecule has 0 bridgehead atoms. The Morgan fingerprint density at radius 1 is 1.25 bits per heavy atom. The van der Waals surface area contributed by atoms with Crippen molar-refractivity contribution < 1.29 is 9.21 Å². The first kappa shape index (κ1) is 18.6. The van der Waals surface area contributed by atoms with Gasteiger partial charge in [-0.3, -0.25) is 9.48 Å². The Balaban J connectivity index is 1.79. The molecule has 0 radical (unpaired) electrons. The van der Waals surface area contributed by atoms with Gasteiger partial charge in [-0.1, -0.05) is 37.6 Å². The molecule has 0 fully saturated rings. The van der Waals surface area contributed by atoms with Gasteiger partial charge in [0, 0.05) is 12.2 Å². The largest absolute Gasteiger partial charge is 0.467 e. The third-order valence-electron chi connectivity index (χ3n) is 4.85. The molecule has 3 heterocycles. The van der Waals surface area contributed by atoms with Gasteiger partial charge in [0.15, 0.2) is 0 Å². The van der Waals surface area contributed by atoms with E-state index in [1.165, 1.54) is 0 Å². The van der Waals surface area contributed by atoms with Gasteiger partial charge >= 0.3 is 0 Å². The number of hydrogen-bond acceptors (Lipinski definition) is 4. The van der Waals surface area contributed by atoms with Crippen molar-refractivity contribution in [1.82, 2.24) is 14.7 Å². The third-order valence-corrected chi connectivity index (χ3v) is 5.25. The number of aryl methyl sites for hydroxylation is 1. The number of rotatable bonds is 5. The summed E-state index contributed by atoms with van der Waals surface area (Å²) in [6.45, 7) is 7.22. The number of carbonyl (C=O) groups is 1. The molecule has 1 aliphatic heterocycles. The molecule has 146 valence electrons. The minimum absolute atomic E-state index is 0.0668. The molecule has 1 atom stereocenters. The second kappa shape index (κ2) is 7.36. The standard InChI is InChI=1S/C21H23ClN4O2/c1-13(2)11-26-19(22)18(14(3)24-26)20-23-17-9-5-4-8-16(17)21(27)25(20)12-15-7-6-10-28-15/h4-10,13,20,23H,11-12H2,1-3H3. The molecular formula is C21H23ClN4O2. The lowest BCUT2D eigenvalue weighted by Crippen LogP contribution is -2.42. The number of carbonyl (C=O) groups excluding carboxylic acids is 1. The number of nitrogens with one attached hydrogen (secondary N) is 1. The molecule has 7 heteroatoms. The summed E-state index contributed by atoms with van der Waals surface area (Å²) in [7, 11) is 0. The predicted octanol–water partition coefficient (Wildman–Crippen LogP) is 4.86. The fourth-order valence-electron chi connectivity index (χ4n) is 3.60. The highest BCUT2D eigenvalue weighted by Crippen LogP contribution is 2.38. The Morgan fingerprint density at radius 3 is 2.75 bits per heavy atom. The Morgan fingerprint density at radius 2 is 2.04 bits per heavy atom. The molecule has 28 heavy (non-hydrogen) atoms. The fourth-order valence-corrected chi connectivity index (χ4v) is 3.95. The van der Waals surface area contributed by atoms with Crippen LogP contribution in [0.4, 0.5) is 5.69 Å². The maximum atomic E-state index is 13.3. The van der Waals surface area contributed by atoms with E-state index in [2.05, 4.69) is 24.3 Å². The van der Waals surface area contributed by atoms with E-state index >= 15 is 0 Å². The van der Waals surface area contributed by atoms with Crippen molar-refractivity contribution in [2.45, 2.75) is 40.0 Å². The first-order valence-corrected chi connectivity index (χ1v) is 9.75. The molecule has 3 aromatic rings. The maximum absolute atomic E-state index is 13.3. The molecule has 2 aromatic heterocycles. The van der Waals surface area contributed by atoms with Crippen LogP contribution in [0.1, 0.15) is 47.4 Å². The summed E-state index contributed by atoms with van der Waals surface area (Å²) in [6, 6.07) is 11.2. The van der Waals surface area contributed by atoms with Gasteiger partial charge in [0.05, 0.1) is 29.6 Å². The average Bonchev–Trinajstić information content (AvgIpc) is 3.26. The number of amides is 1. The van der Waals surface area contributed by atoms with Crippen molar-refractivity contribution in [2.75, 3.05) is 5.32 Å². The van der Waals surface area contributed by atoms with E-state index in [1.807, 2.05) is 48.0 Å². The van der Waals surface area contributed by atoms with Crippen molar-refractivity contribution >= 4 is 23.2 Å². The van der Waals surface area contributed by atoms with Gasteiger partial charge in [-0.2, -0.15) is 5.10 Å². The Kier molecular flexibility index (Phi) is 4.89. The van der Waals surface area contributed by atoms with Gasteiger partial charge in [0.2, 0.25) is 0 Å². The second-order valence-electron chi connectivity index (χ2n) is 7.47. The number of para-hydroxylation sites is 1. The van der Waals surface area contributed by atoms with Crippen LogP contribution in [0.3, 0.4) is 0 Å². The monoisotopic (exact) mass is 398 g/mol. The zero-order chi connectivity index (χ0) is 19.8. The van der Waals surface area contributed by atoms with Crippen LogP contribution in [0.15, 0.2) is 47.1 Å². The number of benzene rings is 1. The molecule has 0 spiro atoms. The van der Waals surface area contributed by atoms with Gasteiger partial charge in [-0.05, 0) is 37.1 Å². The van der Waals surface area contributed by atoms with Crippen LogP contribution in [0.5, 0.6) is 0 Å². The lowest BCUT2D eigenvalue weighted by molar-refractivity contribution is 0.0651. The summed E-state index contributed by atoms with van der Waals surface area (Å²) in [4.78, 5) is 15.1. The van der Waals surface area contributed by atoms with Crippen molar-refractivity contribution in [3.63, 3.8) is 0 Å². The Bertz CT molecular complexity index is 994. The molecule has 1 amide bonds. The van der Waals surface area contributed by atoms with E-state index in [0.717, 1.165) is 23.5 Å². The minimum atomic E-state index is -0.430. The highest BCUT2D eigenvalue weighted by molar-refractivity contribution is 6.30. The fraction of sp³-hybridized carbons (Fsp3) is 0.333. The van der Waals surface area contributed by atoms with Gasteiger partial charge in [-0.15, -0.1) is 0 Å². The van der Waals surface area contributed by atoms with Crippen molar-refractivity contribution in [3.05, 3.63) is 70.4 Å². The van der Waals surface area contributed by atoms with Gasteiger partial charge < -0.3 is 14.6 Å². The van der Waals surface area contributed by atoms with Gasteiger partial charge in [-0.25, -0.2) is 0 Å². The normalized spacial score (nSPS) is 16.4. The van der Waals surface area contributed by atoms with E-state index in [1.54, 1.807) is 11.2 Å². The maximum Gasteiger partial charge on any atom is 0.258 e. The molecule has 0 saturated heterocycles. The van der Waals surface area contributed by atoms with Crippen LogP contribution in [0.25, 0.3) is 0 Å². The molecular weight excluding hydrogens is 376 g/mol. The van der Waals surface area contributed by atoms with Crippen molar-refractivity contribution in [1.29, 1.82) is 0 Å². The van der Waals surface area contributed by atoms with Crippen LogP contribution in [-0.4, -0.2) is 20.6 Å². The highest BCUT2D eigenvalue weighted by atomic mass is 35.5. The summed E-state index contributed by atoms with van der Waals surface area (Å²) >= 11 is 6.73. The number of halogens is 1. The average molecular weight is 399 g/mol. The van der Waals surface area contributed by atoms with Crippen molar-refractivity contribution in [2.24, 2.45) is 5.92 Å². The quantitative estimate of drug-likeness (QED) is 0.666. The summed E-state index contributed by atoms with van der Waals surface area (Å²) < 4.78 is 7.31. The van der Waals surface area contributed by atoms with E-state index in [-0.39, 0.29) is 5.91 Å². The molecule has 1 aromatic carbocycles. The van der Waals surface area contributed by atoms with E-state index in [0.29, 0.717) is 28.9 Å². The van der Waals surface area contributed by atoms with Crippen LogP contribution in [0.2, 0.25) is 5.15 Å². The van der Waals surface area contributed by atoms with Gasteiger partial charge in [0.25, 0.3) is 5.91 Å². The van der Waals surface area contributed by atoms with Crippen LogP contribution >= 0.6 is 11.6 Å². The smallest absolute Gasteiger partial charge is 0.258 e. The lowest BCUT2D eigenvalue weighted by Gasteiger charge is -2.37. The number of anilines is 1. The van der Waals surface area contributed by atoms with Crippen LogP contribution in [-0.2, 0) is 13.1 Å². The minimum Gasteiger partial charge on any atom is -0.467 e. The lowest BCUT2D eigenvalue weighted by atomic mass is 10.0. The first-order chi connectivity index (χ1) is 13.5. The summed E-state index contributed by atoms with van der Waals surface area (Å²) in [5, 5.41) is 8.66. The van der Waals surface area contributed by atoms with Crippen LogP contribution < -0.4 is 5.32 Å². The van der Waals surface area contributed by atoms with E-state index in [9.17, 15) is 4.79 Å². The Hall–Kier alpha value is -2.73. The number of nitrogens with zero attached hydrogens (tertiary/aromatic N) is 3. The zero-order valence-electron chi connectivity index (χ0n) is 16.1. The first-order valence-electron chi connectivity index (χ1n) is 9.37. The summed E-state index contributed by atoms with van der Waals surface area (Å²) in [6.07, 6.45) is 1.18. The predicted molar refractivity (Wildman–Crippen MR) is 108 cm³/mol. The molecule has 4 rings (SSSR count). The van der Waals surface area contributed by atoms with Gasteiger partial charge in [0.1, 0.15) is 17.1 Å². The highest BCUT2D eigenvalue weighted by Gasteiger charge is 2.36. The summed E-state index contributed by atoms with van der Waals surface area (Å²) in [5.41, 5.74) is 3.05. The van der Waals surface area contributed by atoms with Crippen molar-refractivity contribution in [3.8, 4) is 0 Å². The molecule has 1 aliphatic rings. The number of furan rings is 1. The third kappa shape index (κ3) is 3.29. The number of hydrogen-bond donors (Lipinski definition) is 1. The zero-order valence-corrected chi connectivity index (χ0v) is 16.9. The molecule has 1 N–H and O–H groups in total. The summed E-state index contributed by atoms with van der Waals surface area (Å²) in [5.74, 6) is 1.05. The van der Waals surface area contributed by atoms with E-state index < -0.39 is 6.17 Å². The molecule has 6 nitrogen and oxygen atoms in total. The number of aromatic nitrogens is 2. The van der Waals surface area contributed by atoms with Crippen LogP contribution in [0, 0.1) is 12.8 Å². The molecule has 0 saturated carbocycles. The topological polar surface area (TPSA) is 63.3 Å². The second-order valence-corrected chi connectivity index (χ2v) is 7.83. The Labute approximate surface area is 169 Å². The molecule has 0 aliphatic carbocycles. The SMILES string of the molecule is Cc1nn(CC(C)C)c(Cl)c1C1Nc2ccccc2C(=O)N1Cc1ccco1.